The molecule has 4 N–H and O–H groups in total. The number of carbonyl (C=O) groups is 2. The molecule has 0 aliphatic heterocycles. The standard InChI is InChI=1S/C14H19NO6/c1-9(17)15-10-2-4-11(5-3-10)21-14(20)7-6-12(18)13(19)8-16/h2-5,12-13,16,18-19H,6-8H2,1H3,(H,15,17)/t12-,13+/m0/s1. The van der Waals surface area contributed by atoms with Gasteiger partial charge in [-0.2, -0.15) is 0 Å². The van der Waals surface area contributed by atoms with Gasteiger partial charge in [-0.25, -0.2) is 0 Å². The third-order valence-corrected chi connectivity index (χ3v) is 2.68. The maximum Gasteiger partial charge on any atom is 0.311 e. The lowest BCUT2D eigenvalue weighted by molar-refractivity contribution is -0.135. The predicted molar refractivity (Wildman–Crippen MR) is 74.7 cm³/mol. The van der Waals surface area contributed by atoms with Crippen LogP contribution in [0.5, 0.6) is 5.75 Å². The molecule has 0 unspecified atom stereocenters. The van der Waals surface area contributed by atoms with Gasteiger partial charge in [0.1, 0.15) is 11.9 Å². The van der Waals surface area contributed by atoms with Crippen molar-refractivity contribution in [2.45, 2.75) is 32.0 Å². The number of hydrogen-bond donors (Lipinski definition) is 4. The second-order valence-corrected chi connectivity index (χ2v) is 4.54. The van der Waals surface area contributed by atoms with E-state index in [1.165, 1.54) is 19.1 Å². The zero-order chi connectivity index (χ0) is 15.8. The molecule has 7 nitrogen and oxygen atoms in total. The van der Waals surface area contributed by atoms with E-state index in [1.54, 1.807) is 12.1 Å². The summed E-state index contributed by atoms with van der Waals surface area (Å²) in [6.07, 6.45) is -2.55. The number of hydrogen-bond acceptors (Lipinski definition) is 6. The fourth-order valence-corrected chi connectivity index (χ4v) is 1.57. The molecule has 116 valence electrons. The van der Waals surface area contributed by atoms with E-state index in [-0.39, 0.29) is 18.7 Å². The highest BCUT2D eigenvalue weighted by Gasteiger charge is 2.17. The second-order valence-electron chi connectivity index (χ2n) is 4.54. The third kappa shape index (κ3) is 6.35. The first-order valence-corrected chi connectivity index (χ1v) is 6.47. The van der Waals surface area contributed by atoms with Crippen molar-refractivity contribution in [2.24, 2.45) is 0 Å². The van der Waals surface area contributed by atoms with Gasteiger partial charge >= 0.3 is 5.97 Å². The highest BCUT2D eigenvalue weighted by molar-refractivity contribution is 5.88. The molecule has 0 bridgehead atoms. The van der Waals surface area contributed by atoms with Gasteiger partial charge in [0.25, 0.3) is 0 Å². The molecule has 2 atom stereocenters. The zero-order valence-corrected chi connectivity index (χ0v) is 11.7. The van der Waals surface area contributed by atoms with Crippen LogP contribution in [0.1, 0.15) is 19.8 Å². The summed E-state index contributed by atoms with van der Waals surface area (Å²) in [6.45, 7) is 0.820. The summed E-state index contributed by atoms with van der Waals surface area (Å²) in [4.78, 5) is 22.4. The number of amides is 1. The summed E-state index contributed by atoms with van der Waals surface area (Å²) in [5, 5.41) is 29.8. The minimum Gasteiger partial charge on any atom is -0.427 e. The Morgan fingerprint density at radius 1 is 1.19 bits per heavy atom. The van der Waals surface area contributed by atoms with Crippen LogP contribution >= 0.6 is 0 Å². The van der Waals surface area contributed by atoms with E-state index < -0.39 is 24.8 Å². The van der Waals surface area contributed by atoms with Crippen LogP contribution in [0.2, 0.25) is 0 Å². The predicted octanol–water partition coefficient (Wildman–Crippen LogP) is 0.0447. The van der Waals surface area contributed by atoms with Gasteiger partial charge in [-0.3, -0.25) is 9.59 Å². The highest BCUT2D eigenvalue weighted by atomic mass is 16.5. The van der Waals surface area contributed by atoms with Crippen molar-refractivity contribution in [2.75, 3.05) is 11.9 Å². The molecule has 0 spiro atoms. The first-order chi connectivity index (χ1) is 9.92. The molecule has 0 saturated carbocycles. The van der Waals surface area contributed by atoms with Crippen LogP contribution in [-0.4, -0.2) is 46.0 Å². The number of nitrogens with one attached hydrogen (secondary N) is 1. The van der Waals surface area contributed by atoms with E-state index >= 15 is 0 Å². The summed E-state index contributed by atoms with van der Waals surface area (Å²) < 4.78 is 5.03. The SMILES string of the molecule is CC(=O)Nc1ccc(OC(=O)CC[C@H](O)[C@H](O)CO)cc1. The maximum atomic E-state index is 11.5. The summed E-state index contributed by atoms with van der Waals surface area (Å²) in [6, 6.07) is 6.24. The molecule has 0 aromatic heterocycles. The number of anilines is 1. The van der Waals surface area contributed by atoms with Gasteiger partial charge in [0.2, 0.25) is 5.91 Å². The van der Waals surface area contributed by atoms with Gasteiger partial charge in [-0.15, -0.1) is 0 Å². The molecule has 7 heteroatoms. The van der Waals surface area contributed by atoms with E-state index in [1.807, 2.05) is 0 Å². The number of benzene rings is 1. The van der Waals surface area contributed by atoms with Crippen molar-refractivity contribution in [3.8, 4) is 5.75 Å². The van der Waals surface area contributed by atoms with Gasteiger partial charge in [0, 0.05) is 19.0 Å². The monoisotopic (exact) mass is 297 g/mol. The van der Waals surface area contributed by atoms with Crippen LogP contribution in [-0.2, 0) is 9.59 Å². The Bertz CT molecular complexity index is 473. The van der Waals surface area contributed by atoms with Gasteiger partial charge in [-0.1, -0.05) is 0 Å². The van der Waals surface area contributed by atoms with Gasteiger partial charge < -0.3 is 25.4 Å². The van der Waals surface area contributed by atoms with E-state index in [2.05, 4.69) is 5.32 Å². The Labute approximate surface area is 122 Å². The molecule has 1 amide bonds. The number of carbonyl (C=O) groups excluding carboxylic acids is 2. The van der Waals surface area contributed by atoms with Crippen LogP contribution in [0.25, 0.3) is 0 Å². The fraction of sp³-hybridized carbons (Fsp3) is 0.429. The minimum atomic E-state index is -1.27. The van der Waals surface area contributed by atoms with Crippen LogP contribution in [0.3, 0.4) is 0 Å². The average molecular weight is 297 g/mol. The van der Waals surface area contributed by atoms with Crippen LogP contribution < -0.4 is 10.1 Å². The highest BCUT2D eigenvalue weighted by Crippen LogP contribution is 2.16. The number of aliphatic hydroxyl groups is 3. The fourth-order valence-electron chi connectivity index (χ4n) is 1.57. The second kappa shape index (κ2) is 8.35. The van der Waals surface area contributed by atoms with Gasteiger partial charge in [-0.05, 0) is 30.7 Å². The molecule has 1 aromatic carbocycles. The van der Waals surface area contributed by atoms with Crippen LogP contribution in [0.4, 0.5) is 5.69 Å². The number of aliphatic hydroxyl groups excluding tert-OH is 3. The van der Waals surface area contributed by atoms with Crippen molar-refractivity contribution in [1.29, 1.82) is 0 Å². The van der Waals surface area contributed by atoms with Crippen LogP contribution in [0, 0.1) is 0 Å². The molecule has 0 fully saturated rings. The van der Waals surface area contributed by atoms with Crippen molar-refractivity contribution in [1.82, 2.24) is 0 Å². The molecular weight excluding hydrogens is 278 g/mol. The molecule has 1 aromatic rings. The summed E-state index contributed by atoms with van der Waals surface area (Å²) in [7, 11) is 0. The van der Waals surface area contributed by atoms with Crippen molar-refractivity contribution in [3.63, 3.8) is 0 Å². The Hall–Kier alpha value is -1.96. The molecule has 0 radical (unpaired) electrons. The summed E-state index contributed by atoms with van der Waals surface area (Å²) >= 11 is 0. The summed E-state index contributed by atoms with van der Waals surface area (Å²) in [5.74, 6) is -0.450. The van der Waals surface area contributed by atoms with Crippen molar-refractivity contribution in [3.05, 3.63) is 24.3 Å². The summed E-state index contributed by atoms with van der Waals surface area (Å²) in [5.41, 5.74) is 0.587. The largest absolute Gasteiger partial charge is 0.427 e. The minimum absolute atomic E-state index is 0.00939. The lowest BCUT2D eigenvalue weighted by Gasteiger charge is -2.14. The topological polar surface area (TPSA) is 116 Å². The lowest BCUT2D eigenvalue weighted by Crippen LogP contribution is -2.30. The van der Waals surface area contributed by atoms with Gasteiger partial charge in [0.05, 0.1) is 12.7 Å². The Balaban J connectivity index is 2.42. The van der Waals surface area contributed by atoms with E-state index in [4.69, 9.17) is 14.9 Å². The smallest absolute Gasteiger partial charge is 0.311 e. The molecule has 0 aliphatic rings. The first kappa shape index (κ1) is 17.1. The molecule has 0 aliphatic carbocycles. The normalized spacial score (nSPS) is 13.3. The van der Waals surface area contributed by atoms with Crippen molar-refractivity contribution >= 4 is 17.6 Å². The van der Waals surface area contributed by atoms with E-state index in [0.29, 0.717) is 11.4 Å². The zero-order valence-electron chi connectivity index (χ0n) is 11.7. The van der Waals surface area contributed by atoms with Crippen LogP contribution in [0.15, 0.2) is 24.3 Å². The molecular formula is C14H19NO6. The van der Waals surface area contributed by atoms with Crippen molar-refractivity contribution < 1.29 is 29.6 Å². The Morgan fingerprint density at radius 3 is 2.33 bits per heavy atom. The lowest BCUT2D eigenvalue weighted by atomic mass is 10.1. The van der Waals surface area contributed by atoms with Gasteiger partial charge in [0.15, 0.2) is 0 Å². The third-order valence-electron chi connectivity index (χ3n) is 2.68. The Morgan fingerprint density at radius 2 is 1.81 bits per heavy atom. The quantitative estimate of drug-likeness (QED) is 0.417. The molecule has 1 rings (SSSR count). The van der Waals surface area contributed by atoms with E-state index in [9.17, 15) is 14.7 Å². The first-order valence-electron chi connectivity index (χ1n) is 6.47. The average Bonchev–Trinajstić information content (AvgIpc) is 2.45. The van der Waals surface area contributed by atoms with E-state index in [0.717, 1.165) is 0 Å². The molecule has 21 heavy (non-hydrogen) atoms. The number of rotatable bonds is 7. The number of ether oxygens (including phenoxy) is 1. The Kier molecular flexibility index (Phi) is 6.80. The maximum absolute atomic E-state index is 11.5. The molecule has 0 heterocycles. The molecule has 0 saturated heterocycles. The number of esters is 1.